The molecule has 2 aliphatic heterocycles. The molecule has 2 rings (SSSR count). The van der Waals surface area contributed by atoms with E-state index in [2.05, 4.69) is 5.32 Å². The highest BCUT2D eigenvalue weighted by molar-refractivity contribution is 7.88. The van der Waals surface area contributed by atoms with E-state index >= 15 is 0 Å². The third-order valence-corrected chi connectivity index (χ3v) is 5.76. The zero-order valence-corrected chi connectivity index (χ0v) is 16.3. The fraction of sp³-hybridized carbons (Fsp3) is 0.875. The summed E-state index contributed by atoms with van der Waals surface area (Å²) < 4.78 is 29.9. The van der Waals surface area contributed by atoms with Crippen LogP contribution in [0.15, 0.2) is 0 Å². The number of amides is 2. The average Bonchev–Trinajstić information content (AvgIpc) is 2.94. The van der Waals surface area contributed by atoms with Gasteiger partial charge in [0.15, 0.2) is 0 Å². The monoisotopic (exact) mass is 375 g/mol. The van der Waals surface area contributed by atoms with Crippen LogP contribution in [0.3, 0.4) is 0 Å². The summed E-state index contributed by atoms with van der Waals surface area (Å²) in [6.07, 6.45) is 3.29. The van der Waals surface area contributed by atoms with Gasteiger partial charge in [-0.3, -0.25) is 9.69 Å². The third-order valence-electron chi connectivity index (χ3n) is 4.45. The predicted octanol–water partition coefficient (Wildman–Crippen LogP) is 0.926. The molecule has 1 atom stereocenters. The molecule has 1 N–H and O–H groups in total. The molecular weight excluding hydrogens is 346 g/mol. The molecule has 0 bridgehead atoms. The van der Waals surface area contributed by atoms with E-state index < -0.39 is 27.8 Å². The smallest absolute Gasteiger partial charge is 0.410 e. The summed E-state index contributed by atoms with van der Waals surface area (Å²) in [6.45, 7) is 6.72. The Hall–Kier alpha value is -1.35. The molecule has 0 aliphatic carbocycles. The van der Waals surface area contributed by atoms with Crippen LogP contribution in [0.2, 0.25) is 0 Å². The first kappa shape index (κ1) is 20.0. The van der Waals surface area contributed by atoms with Gasteiger partial charge < -0.3 is 10.1 Å². The summed E-state index contributed by atoms with van der Waals surface area (Å²) in [5, 5.41) is 2.97. The average molecular weight is 375 g/mol. The Morgan fingerprint density at radius 3 is 2.20 bits per heavy atom. The van der Waals surface area contributed by atoms with Crippen molar-refractivity contribution in [3.8, 4) is 0 Å². The van der Waals surface area contributed by atoms with Crippen molar-refractivity contribution in [2.45, 2.75) is 64.1 Å². The highest BCUT2D eigenvalue weighted by Crippen LogP contribution is 2.22. The maximum Gasteiger partial charge on any atom is 0.410 e. The van der Waals surface area contributed by atoms with Crippen molar-refractivity contribution in [1.29, 1.82) is 0 Å². The summed E-state index contributed by atoms with van der Waals surface area (Å²) in [7, 11) is -3.18. The van der Waals surface area contributed by atoms with E-state index in [0.717, 1.165) is 6.42 Å². The van der Waals surface area contributed by atoms with Crippen LogP contribution in [0.1, 0.15) is 46.5 Å². The standard InChI is InChI=1S/C16H29N3O5S/c1-16(2,3)24-15(21)19-9-5-6-13(19)14(20)17-12-7-10-18(11-8-12)25(4,22)23/h12-13H,5-11H2,1-4H3,(H,17,20). The largest absolute Gasteiger partial charge is 0.444 e. The number of nitrogens with zero attached hydrogens (tertiary/aromatic N) is 2. The Morgan fingerprint density at radius 1 is 1.08 bits per heavy atom. The van der Waals surface area contributed by atoms with E-state index in [4.69, 9.17) is 4.74 Å². The maximum absolute atomic E-state index is 12.6. The van der Waals surface area contributed by atoms with Crippen molar-refractivity contribution >= 4 is 22.0 Å². The minimum absolute atomic E-state index is 0.0633. The van der Waals surface area contributed by atoms with E-state index in [1.807, 2.05) is 0 Å². The Bertz CT molecular complexity index is 606. The molecule has 0 aromatic carbocycles. The molecule has 0 saturated carbocycles. The van der Waals surface area contributed by atoms with Gasteiger partial charge >= 0.3 is 6.09 Å². The molecule has 0 aromatic heterocycles. The number of hydrogen-bond acceptors (Lipinski definition) is 5. The van der Waals surface area contributed by atoms with Crippen LogP contribution in [0.25, 0.3) is 0 Å². The Morgan fingerprint density at radius 2 is 1.68 bits per heavy atom. The lowest BCUT2D eigenvalue weighted by molar-refractivity contribution is -0.126. The zero-order valence-electron chi connectivity index (χ0n) is 15.4. The van der Waals surface area contributed by atoms with Crippen molar-refractivity contribution < 1.29 is 22.7 Å². The van der Waals surface area contributed by atoms with Crippen LogP contribution in [0.4, 0.5) is 4.79 Å². The van der Waals surface area contributed by atoms with E-state index in [-0.39, 0.29) is 11.9 Å². The van der Waals surface area contributed by atoms with Gasteiger partial charge in [0, 0.05) is 25.7 Å². The molecule has 144 valence electrons. The lowest BCUT2D eigenvalue weighted by atomic mass is 10.1. The van der Waals surface area contributed by atoms with Crippen LogP contribution in [-0.2, 0) is 19.6 Å². The Labute approximate surface area is 149 Å². The molecule has 0 spiro atoms. The lowest BCUT2D eigenvalue weighted by Crippen LogP contribution is -2.52. The highest BCUT2D eigenvalue weighted by Gasteiger charge is 2.37. The van der Waals surface area contributed by atoms with Crippen molar-refractivity contribution in [2.75, 3.05) is 25.9 Å². The molecule has 2 aliphatic rings. The van der Waals surface area contributed by atoms with Gasteiger partial charge in [-0.05, 0) is 46.5 Å². The lowest BCUT2D eigenvalue weighted by Gasteiger charge is -2.32. The molecule has 25 heavy (non-hydrogen) atoms. The molecule has 8 nitrogen and oxygen atoms in total. The van der Waals surface area contributed by atoms with Crippen LogP contribution in [0, 0.1) is 0 Å². The number of hydrogen-bond donors (Lipinski definition) is 1. The molecular formula is C16H29N3O5S. The minimum atomic E-state index is -3.18. The summed E-state index contributed by atoms with van der Waals surface area (Å²) in [4.78, 5) is 26.3. The van der Waals surface area contributed by atoms with E-state index in [0.29, 0.717) is 38.9 Å². The molecule has 1 unspecified atom stereocenters. The van der Waals surface area contributed by atoms with Gasteiger partial charge in [-0.25, -0.2) is 17.5 Å². The number of carbonyl (C=O) groups is 2. The second kappa shape index (κ2) is 7.49. The Balaban J connectivity index is 1.89. The van der Waals surface area contributed by atoms with E-state index in [1.165, 1.54) is 15.5 Å². The number of nitrogens with one attached hydrogen (secondary N) is 1. The normalized spacial score (nSPS) is 23.5. The molecule has 2 heterocycles. The first-order valence-electron chi connectivity index (χ1n) is 8.72. The minimum Gasteiger partial charge on any atom is -0.444 e. The first-order chi connectivity index (χ1) is 11.5. The number of carbonyl (C=O) groups excluding carboxylic acids is 2. The quantitative estimate of drug-likeness (QED) is 0.791. The van der Waals surface area contributed by atoms with Crippen LogP contribution in [-0.4, -0.2) is 73.2 Å². The van der Waals surface area contributed by atoms with Crippen LogP contribution < -0.4 is 5.32 Å². The number of piperidine rings is 1. The van der Waals surface area contributed by atoms with Crippen LogP contribution in [0.5, 0.6) is 0 Å². The first-order valence-corrected chi connectivity index (χ1v) is 10.6. The Kier molecular flexibility index (Phi) is 5.98. The predicted molar refractivity (Wildman–Crippen MR) is 93.5 cm³/mol. The van der Waals surface area contributed by atoms with Gasteiger partial charge in [0.1, 0.15) is 11.6 Å². The van der Waals surface area contributed by atoms with Crippen molar-refractivity contribution in [3.05, 3.63) is 0 Å². The van der Waals surface area contributed by atoms with E-state index in [1.54, 1.807) is 20.8 Å². The van der Waals surface area contributed by atoms with Crippen molar-refractivity contribution in [2.24, 2.45) is 0 Å². The van der Waals surface area contributed by atoms with Gasteiger partial charge in [-0.15, -0.1) is 0 Å². The summed E-state index contributed by atoms with van der Waals surface area (Å²) in [5.74, 6) is -0.179. The number of likely N-dealkylation sites (tertiary alicyclic amines) is 1. The molecule has 2 amide bonds. The van der Waals surface area contributed by atoms with Gasteiger partial charge in [-0.2, -0.15) is 0 Å². The second-order valence-electron chi connectivity index (χ2n) is 7.78. The van der Waals surface area contributed by atoms with Crippen molar-refractivity contribution in [1.82, 2.24) is 14.5 Å². The van der Waals surface area contributed by atoms with Gasteiger partial charge in [0.05, 0.1) is 6.26 Å². The SMILES string of the molecule is CC(C)(C)OC(=O)N1CCCC1C(=O)NC1CCN(S(C)(=O)=O)CC1. The van der Waals surface area contributed by atoms with Crippen molar-refractivity contribution in [3.63, 3.8) is 0 Å². The maximum atomic E-state index is 12.6. The molecule has 9 heteroatoms. The zero-order chi connectivity index (χ0) is 18.8. The molecule has 0 aromatic rings. The van der Waals surface area contributed by atoms with Gasteiger partial charge in [0.25, 0.3) is 0 Å². The number of sulfonamides is 1. The highest BCUT2D eigenvalue weighted by atomic mass is 32.2. The fourth-order valence-electron chi connectivity index (χ4n) is 3.21. The molecule has 0 radical (unpaired) electrons. The van der Waals surface area contributed by atoms with Crippen LogP contribution >= 0.6 is 0 Å². The number of ether oxygens (including phenoxy) is 1. The van der Waals surface area contributed by atoms with Gasteiger partial charge in [-0.1, -0.05) is 0 Å². The molecule has 2 fully saturated rings. The third kappa shape index (κ3) is 5.57. The summed E-state index contributed by atoms with van der Waals surface area (Å²) in [5.41, 5.74) is -0.598. The topological polar surface area (TPSA) is 96.0 Å². The van der Waals surface area contributed by atoms with E-state index in [9.17, 15) is 18.0 Å². The number of rotatable bonds is 3. The summed E-state index contributed by atoms with van der Waals surface area (Å²) in [6, 6.07) is -0.575. The molecule has 2 saturated heterocycles. The second-order valence-corrected chi connectivity index (χ2v) is 9.76. The van der Waals surface area contributed by atoms with Gasteiger partial charge in [0.2, 0.25) is 15.9 Å². The fourth-order valence-corrected chi connectivity index (χ4v) is 4.08. The summed E-state index contributed by atoms with van der Waals surface area (Å²) >= 11 is 0.